The molecule has 0 amide bonds. The van der Waals surface area contributed by atoms with Crippen LogP contribution in [0.1, 0.15) is 43.5 Å². The summed E-state index contributed by atoms with van der Waals surface area (Å²) in [6.45, 7) is 6.33. The van der Waals surface area contributed by atoms with Gasteiger partial charge in [-0.05, 0) is 38.7 Å². The summed E-state index contributed by atoms with van der Waals surface area (Å²) in [5.41, 5.74) is 2.11. The summed E-state index contributed by atoms with van der Waals surface area (Å²) in [6, 6.07) is 10.8. The topological polar surface area (TPSA) is 48.4 Å². The average molecular weight is 346 g/mol. The van der Waals surface area contributed by atoms with Crippen LogP contribution in [-0.2, 0) is 0 Å². The molecule has 0 saturated carbocycles. The third-order valence-corrected chi connectivity index (χ3v) is 5.67. The summed E-state index contributed by atoms with van der Waals surface area (Å²) in [5.74, 6) is 0. The van der Waals surface area contributed by atoms with Crippen molar-refractivity contribution < 1.29 is 5.11 Å². The number of hydrogen-bond donors (Lipinski definition) is 2. The smallest absolute Gasteiger partial charge is 0.185 e. The number of aliphatic hydroxyl groups excluding tert-OH is 1. The maximum atomic E-state index is 10.4. The first kappa shape index (κ1) is 17.4. The summed E-state index contributed by atoms with van der Waals surface area (Å²) < 4.78 is 0. The van der Waals surface area contributed by atoms with Crippen LogP contribution in [0.25, 0.3) is 0 Å². The molecule has 2 heterocycles. The largest absolute Gasteiger partial charge is 0.388 e. The molecule has 1 saturated heterocycles. The Balaban J connectivity index is 1.44. The van der Waals surface area contributed by atoms with E-state index in [1.54, 1.807) is 11.3 Å². The maximum absolute atomic E-state index is 10.4. The van der Waals surface area contributed by atoms with Crippen LogP contribution in [0.5, 0.6) is 0 Å². The molecule has 1 aromatic heterocycles. The molecule has 24 heavy (non-hydrogen) atoms. The summed E-state index contributed by atoms with van der Waals surface area (Å²) >= 11 is 1.74. The fourth-order valence-corrected chi connectivity index (χ4v) is 4.20. The Morgan fingerprint density at radius 2 is 2.00 bits per heavy atom. The number of hydrogen-bond acceptors (Lipinski definition) is 5. The standard InChI is InChI=1S/C19H27N3OS/c1-14(12-18(23)16-6-4-3-5-7-16)20-17-8-10-22(11-9-17)19-21-15(2)13-24-19/h3-7,13-14,17-18,20,23H,8-12H2,1-2H3/t14-,18-/m1/s1. The molecule has 0 unspecified atom stereocenters. The van der Waals surface area contributed by atoms with E-state index in [0.717, 1.165) is 48.7 Å². The van der Waals surface area contributed by atoms with Gasteiger partial charge < -0.3 is 15.3 Å². The van der Waals surface area contributed by atoms with Gasteiger partial charge in [0.1, 0.15) is 0 Å². The number of aliphatic hydroxyl groups is 1. The van der Waals surface area contributed by atoms with Gasteiger partial charge in [0, 0.05) is 30.6 Å². The number of rotatable bonds is 6. The molecule has 0 bridgehead atoms. The second kappa shape index (κ2) is 8.10. The summed E-state index contributed by atoms with van der Waals surface area (Å²) in [4.78, 5) is 6.97. The van der Waals surface area contributed by atoms with E-state index >= 15 is 0 Å². The predicted molar refractivity (Wildman–Crippen MR) is 101 cm³/mol. The van der Waals surface area contributed by atoms with Crippen LogP contribution in [-0.4, -0.2) is 35.3 Å². The maximum Gasteiger partial charge on any atom is 0.185 e. The number of piperidine rings is 1. The molecular weight excluding hydrogens is 318 g/mol. The van der Waals surface area contributed by atoms with Gasteiger partial charge in [-0.2, -0.15) is 0 Å². The van der Waals surface area contributed by atoms with Gasteiger partial charge in [-0.25, -0.2) is 4.98 Å². The first-order valence-electron chi connectivity index (χ1n) is 8.78. The molecule has 1 fully saturated rings. The number of aromatic nitrogens is 1. The van der Waals surface area contributed by atoms with Gasteiger partial charge in [0.15, 0.2) is 5.13 Å². The predicted octanol–water partition coefficient (Wildman–Crippen LogP) is 3.52. The zero-order chi connectivity index (χ0) is 16.9. The lowest BCUT2D eigenvalue weighted by Crippen LogP contribution is -2.45. The van der Waals surface area contributed by atoms with E-state index in [-0.39, 0.29) is 0 Å². The summed E-state index contributed by atoms with van der Waals surface area (Å²) in [6.07, 6.45) is 2.61. The van der Waals surface area contributed by atoms with Crippen molar-refractivity contribution >= 4 is 16.5 Å². The fraction of sp³-hybridized carbons (Fsp3) is 0.526. The molecule has 3 rings (SSSR count). The van der Waals surface area contributed by atoms with Gasteiger partial charge >= 0.3 is 0 Å². The number of nitrogens with zero attached hydrogens (tertiary/aromatic N) is 2. The van der Waals surface area contributed by atoms with Gasteiger partial charge in [0.05, 0.1) is 11.8 Å². The average Bonchev–Trinajstić information content (AvgIpc) is 3.02. The quantitative estimate of drug-likeness (QED) is 0.841. The van der Waals surface area contributed by atoms with Crippen molar-refractivity contribution in [2.24, 2.45) is 0 Å². The Hall–Kier alpha value is -1.43. The van der Waals surface area contributed by atoms with E-state index < -0.39 is 6.10 Å². The number of anilines is 1. The number of benzene rings is 1. The molecule has 2 atom stereocenters. The van der Waals surface area contributed by atoms with Gasteiger partial charge in [0.25, 0.3) is 0 Å². The third-order valence-electron chi connectivity index (χ3n) is 4.65. The van der Waals surface area contributed by atoms with E-state index in [2.05, 4.69) is 27.5 Å². The van der Waals surface area contributed by atoms with Crippen LogP contribution >= 0.6 is 11.3 Å². The minimum atomic E-state index is -0.396. The van der Waals surface area contributed by atoms with Crippen LogP contribution in [0.15, 0.2) is 35.7 Å². The van der Waals surface area contributed by atoms with Crippen LogP contribution < -0.4 is 10.2 Å². The molecule has 2 N–H and O–H groups in total. The SMILES string of the molecule is Cc1csc(N2CCC(N[C@H](C)C[C@@H](O)c3ccccc3)CC2)n1. The molecular formula is C19H27N3OS. The highest BCUT2D eigenvalue weighted by Crippen LogP contribution is 2.24. The van der Waals surface area contributed by atoms with E-state index in [1.807, 2.05) is 37.3 Å². The second-order valence-corrected chi connectivity index (χ2v) is 7.60. The zero-order valence-corrected chi connectivity index (χ0v) is 15.3. The highest BCUT2D eigenvalue weighted by molar-refractivity contribution is 7.13. The molecule has 0 radical (unpaired) electrons. The Kier molecular flexibility index (Phi) is 5.87. The Morgan fingerprint density at radius 3 is 2.62 bits per heavy atom. The fourth-order valence-electron chi connectivity index (χ4n) is 3.34. The van der Waals surface area contributed by atoms with Crippen molar-refractivity contribution in [1.82, 2.24) is 10.3 Å². The first-order valence-corrected chi connectivity index (χ1v) is 9.66. The molecule has 4 nitrogen and oxygen atoms in total. The van der Waals surface area contributed by atoms with Gasteiger partial charge in [-0.15, -0.1) is 11.3 Å². The minimum Gasteiger partial charge on any atom is -0.388 e. The van der Waals surface area contributed by atoms with Crippen LogP contribution in [0.2, 0.25) is 0 Å². The zero-order valence-electron chi connectivity index (χ0n) is 14.5. The number of nitrogens with one attached hydrogen (secondary N) is 1. The highest BCUT2D eigenvalue weighted by Gasteiger charge is 2.23. The van der Waals surface area contributed by atoms with Crippen molar-refractivity contribution in [1.29, 1.82) is 0 Å². The Morgan fingerprint density at radius 1 is 1.29 bits per heavy atom. The third kappa shape index (κ3) is 4.56. The molecule has 0 aliphatic carbocycles. The van der Waals surface area contributed by atoms with Crippen LogP contribution in [0.4, 0.5) is 5.13 Å². The van der Waals surface area contributed by atoms with Crippen LogP contribution in [0.3, 0.4) is 0 Å². The Labute approximate surface area is 148 Å². The van der Waals surface area contributed by atoms with Gasteiger partial charge in [0.2, 0.25) is 0 Å². The number of thiazole rings is 1. The summed E-state index contributed by atoms with van der Waals surface area (Å²) in [7, 11) is 0. The molecule has 5 heteroatoms. The van der Waals surface area contributed by atoms with E-state index in [9.17, 15) is 5.11 Å². The van der Waals surface area contributed by atoms with E-state index in [4.69, 9.17) is 0 Å². The Bertz CT molecular complexity index is 623. The lowest BCUT2D eigenvalue weighted by atomic mass is 10.00. The molecule has 0 spiro atoms. The van der Waals surface area contributed by atoms with Crippen molar-refractivity contribution in [3.63, 3.8) is 0 Å². The van der Waals surface area contributed by atoms with Crippen molar-refractivity contribution in [2.75, 3.05) is 18.0 Å². The van der Waals surface area contributed by atoms with E-state index in [1.165, 1.54) is 0 Å². The summed E-state index contributed by atoms with van der Waals surface area (Å²) in [5, 5.41) is 17.3. The monoisotopic (exact) mass is 345 g/mol. The highest BCUT2D eigenvalue weighted by atomic mass is 32.1. The van der Waals surface area contributed by atoms with E-state index in [0.29, 0.717) is 12.1 Å². The lowest BCUT2D eigenvalue weighted by Gasteiger charge is -2.34. The lowest BCUT2D eigenvalue weighted by molar-refractivity contribution is 0.150. The molecule has 1 aliphatic rings. The van der Waals surface area contributed by atoms with Crippen molar-refractivity contribution in [3.05, 3.63) is 47.0 Å². The first-order chi connectivity index (χ1) is 11.6. The van der Waals surface area contributed by atoms with Crippen LogP contribution in [0, 0.1) is 6.92 Å². The van der Waals surface area contributed by atoms with Crippen molar-refractivity contribution in [3.8, 4) is 0 Å². The molecule has 2 aromatic rings. The molecule has 1 aromatic carbocycles. The second-order valence-electron chi connectivity index (χ2n) is 6.76. The normalized spacial score (nSPS) is 18.5. The molecule has 130 valence electrons. The number of aryl methyl sites for hydroxylation is 1. The molecule has 1 aliphatic heterocycles. The van der Waals surface area contributed by atoms with Gasteiger partial charge in [-0.3, -0.25) is 0 Å². The van der Waals surface area contributed by atoms with Crippen molar-refractivity contribution in [2.45, 2.75) is 51.3 Å². The van der Waals surface area contributed by atoms with Gasteiger partial charge in [-0.1, -0.05) is 30.3 Å². The minimum absolute atomic E-state index is 0.305.